The Hall–Kier alpha value is -1.28. The Labute approximate surface area is 174 Å². The second-order valence-corrected chi connectivity index (χ2v) is 6.97. The first kappa shape index (κ1) is 21.0. The third-order valence-electron chi connectivity index (χ3n) is 5.11. The number of guanidine groups is 1. The van der Waals surface area contributed by atoms with Crippen molar-refractivity contribution in [1.82, 2.24) is 20.5 Å². The van der Waals surface area contributed by atoms with Gasteiger partial charge in [0.25, 0.3) is 0 Å². The summed E-state index contributed by atoms with van der Waals surface area (Å²) in [6.45, 7) is 6.49. The summed E-state index contributed by atoms with van der Waals surface area (Å²) in [6, 6.07) is 11.3. The number of hydrogen-bond acceptors (Lipinski definition) is 2. The average molecular weight is 469 g/mol. The normalized spacial score (nSPS) is 18.5. The van der Waals surface area contributed by atoms with Gasteiger partial charge in [-0.1, -0.05) is 24.6 Å². The minimum absolute atomic E-state index is 0. The average Bonchev–Trinajstić information content (AvgIpc) is 3.05. The summed E-state index contributed by atoms with van der Waals surface area (Å²) in [5.74, 6) is 0.866. The van der Waals surface area contributed by atoms with Crippen LogP contribution < -0.4 is 10.6 Å². The number of nitrogens with one attached hydrogen (secondary N) is 3. The van der Waals surface area contributed by atoms with E-state index in [1.807, 2.05) is 7.05 Å². The molecule has 3 N–H and O–H groups in total. The van der Waals surface area contributed by atoms with Gasteiger partial charge >= 0.3 is 0 Å². The summed E-state index contributed by atoms with van der Waals surface area (Å²) in [6.07, 6.45) is 5.24. The molecule has 144 valence electrons. The second kappa shape index (κ2) is 10.8. The van der Waals surface area contributed by atoms with E-state index in [0.29, 0.717) is 0 Å². The molecule has 0 saturated carbocycles. The number of fused-ring (bicyclic) bond motifs is 1. The molecule has 5 nitrogen and oxygen atoms in total. The maximum absolute atomic E-state index is 4.32. The van der Waals surface area contributed by atoms with E-state index in [4.69, 9.17) is 0 Å². The number of para-hydroxylation sites is 1. The molecule has 2 heterocycles. The molecule has 3 rings (SSSR count). The molecule has 1 saturated heterocycles. The van der Waals surface area contributed by atoms with E-state index >= 15 is 0 Å². The van der Waals surface area contributed by atoms with Crippen LogP contribution in [0.4, 0.5) is 0 Å². The van der Waals surface area contributed by atoms with Crippen LogP contribution in [0.3, 0.4) is 0 Å². The van der Waals surface area contributed by atoms with E-state index in [1.54, 1.807) is 0 Å². The van der Waals surface area contributed by atoms with E-state index in [-0.39, 0.29) is 24.0 Å². The highest BCUT2D eigenvalue weighted by molar-refractivity contribution is 14.0. The molecular weight excluding hydrogens is 437 g/mol. The highest BCUT2D eigenvalue weighted by atomic mass is 127. The number of halogens is 1. The smallest absolute Gasteiger partial charge is 0.191 e. The van der Waals surface area contributed by atoms with Crippen LogP contribution in [0, 0.1) is 0 Å². The van der Waals surface area contributed by atoms with Gasteiger partial charge < -0.3 is 20.5 Å². The fraction of sp³-hybridized carbons (Fsp3) is 0.550. The summed E-state index contributed by atoms with van der Waals surface area (Å²) < 4.78 is 0. The fourth-order valence-corrected chi connectivity index (χ4v) is 3.61. The van der Waals surface area contributed by atoms with Crippen LogP contribution in [0.2, 0.25) is 0 Å². The number of piperidine rings is 1. The van der Waals surface area contributed by atoms with Gasteiger partial charge in [0, 0.05) is 37.4 Å². The third-order valence-corrected chi connectivity index (χ3v) is 5.11. The van der Waals surface area contributed by atoms with Gasteiger partial charge in [0.2, 0.25) is 0 Å². The first-order chi connectivity index (χ1) is 12.3. The Morgan fingerprint density at radius 2 is 2.12 bits per heavy atom. The van der Waals surface area contributed by atoms with E-state index in [1.165, 1.54) is 48.9 Å². The lowest BCUT2D eigenvalue weighted by molar-refractivity contribution is 0.159. The predicted molar refractivity (Wildman–Crippen MR) is 121 cm³/mol. The summed E-state index contributed by atoms with van der Waals surface area (Å²) in [4.78, 5) is 10.4. The van der Waals surface area contributed by atoms with Gasteiger partial charge in [0.05, 0.1) is 6.54 Å². The highest BCUT2D eigenvalue weighted by Crippen LogP contribution is 2.16. The maximum atomic E-state index is 4.32. The summed E-state index contributed by atoms with van der Waals surface area (Å²) in [7, 11) is 1.83. The molecular formula is C20H32IN5. The quantitative estimate of drug-likeness (QED) is 0.262. The Morgan fingerprint density at radius 1 is 1.27 bits per heavy atom. The van der Waals surface area contributed by atoms with Gasteiger partial charge in [0.15, 0.2) is 5.96 Å². The van der Waals surface area contributed by atoms with Gasteiger partial charge in [-0.25, -0.2) is 0 Å². The molecule has 0 amide bonds. The molecule has 1 aliphatic heterocycles. The molecule has 6 heteroatoms. The topological polar surface area (TPSA) is 55.5 Å². The monoisotopic (exact) mass is 469 g/mol. The van der Waals surface area contributed by atoms with Crippen molar-refractivity contribution < 1.29 is 0 Å². The lowest BCUT2D eigenvalue weighted by Crippen LogP contribution is -2.41. The molecule has 1 aromatic heterocycles. The van der Waals surface area contributed by atoms with Crippen molar-refractivity contribution in [3.8, 4) is 0 Å². The number of nitrogens with zero attached hydrogens (tertiary/aromatic N) is 2. The van der Waals surface area contributed by atoms with Gasteiger partial charge in [0.1, 0.15) is 0 Å². The lowest BCUT2D eigenvalue weighted by Gasteiger charge is -2.33. The molecule has 1 aliphatic rings. The molecule has 1 fully saturated rings. The van der Waals surface area contributed by atoms with E-state index < -0.39 is 0 Å². The minimum atomic E-state index is 0. The minimum Gasteiger partial charge on any atom is -0.357 e. The summed E-state index contributed by atoms with van der Waals surface area (Å²) in [5.41, 5.74) is 2.35. The lowest BCUT2D eigenvalue weighted by atomic mass is 10.0. The van der Waals surface area contributed by atoms with Crippen LogP contribution in [0.25, 0.3) is 10.9 Å². The molecule has 0 aliphatic carbocycles. The summed E-state index contributed by atoms with van der Waals surface area (Å²) in [5, 5.41) is 8.06. The molecule has 0 radical (unpaired) electrons. The van der Waals surface area contributed by atoms with Crippen molar-refractivity contribution in [2.75, 3.05) is 26.7 Å². The number of hydrogen-bond donors (Lipinski definition) is 3. The van der Waals surface area contributed by atoms with Crippen molar-refractivity contribution >= 4 is 40.8 Å². The van der Waals surface area contributed by atoms with Gasteiger partial charge in [-0.2, -0.15) is 0 Å². The van der Waals surface area contributed by atoms with Crippen molar-refractivity contribution in [3.63, 3.8) is 0 Å². The van der Waals surface area contributed by atoms with Crippen molar-refractivity contribution in [2.45, 2.75) is 45.2 Å². The van der Waals surface area contributed by atoms with Gasteiger partial charge in [-0.3, -0.25) is 4.99 Å². The van der Waals surface area contributed by atoms with Crippen LogP contribution in [0.15, 0.2) is 35.3 Å². The highest BCUT2D eigenvalue weighted by Gasteiger charge is 2.17. The number of H-pyrrole nitrogens is 1. The van der Waals surface area contributed by atoms with Gasteiger partial charge in [-0.05, 0) is 50.2 Å². The molecule has 2 aromatic rings. The van der Waals surface area contributed by atoms with Crippen LogP contribution in [-0.4, -0.2) is 48.6 Å². The predicted octanol–water partition coefficient (Wildman–Crippen LogP) is 3.72. The Balaban J connectivity index is 0.00000243. The summed E-state index contributed by atoms with van der Waals surface area (Å²) >= 11 is 0. The molecule has 1 atom stereocenters. The van der Waals surface area contributed by atoms with Crippen LogP contribution >= 0.6 is 24.0 Å². The molecule has 1 aromatic carbocycles. The SMILES string of the molecule is CN=C(NCCCN1CCCCC1C)NCc1cc2ccccc2[nH]1.I. The fourth-order valence-electron chi connectivity index (χ4n) is 3.61. The number of likely N-dealkylation sites (tertiary alicyclic amines) is 1. The zero-order valence-electron chi connectivity index (χ0n) is 15.9. The Kier molecular flexibility index (Phi) is 8.71. The first-order valence-corrected chi connectivity index (χ1v) is 9.51. The molecule has 0 spiro atoms. The largest absolute Gasteiger partial charge is 0.357 e. The standard InChI is InChI=1S/C20H31N5.HI/c1-16-8-5-6-12-25(16)13-7-11-22-20(21-2)23-15-18-14-17-9-3-4-10-19(17)24-18;/h3-4,9-10,14,16,24H,5-8,11-13,15H2,1-2H3,(H2,21,22,23);1H. The number of aromatic amines is 1. The number of aliphatic imine (C=N–C) groups is 1. The Morgan fingerprint density at radius 3 is 2.88 bits per heavy atom. The van der Waals surface area contributed by atoms with Crippen LogP contribution in [0.1, 0.15) is 38.3 Å². The van der Waals surface area contributed by atoms with E-state index in [2.05, 4.69) is 62.8 Å². The first-order valence-electron chi connectivity index (χ1n) is 9.51. The maximum Gasteiger partial charge on any atom is 0.191 e. The number of rotatable bonds is 6. The molecule has 1 unspecified atom stereocenters. The molecule has 0 bridgehead atoms. The van der Waals surface area contributed by atoms with Crippen LogP contribution in [-0.2, 0) is 6.54 Å². The Bertz CT molecular complexity index is 663. The van der Waals surface area contributed by atoms with E-state index in [9.17, 15) is 0 Å². The van der Waals surface area contributed by atoms with Crippen LogP contribution in [0.5, 0.6) is 0 Å². The second-order valence-electron chi connectivity index (χ2n) is 6.97. The zero-order valence-corrected chi connectivity index (χ0v) is 18.3. The zero-order chi connectivity index (χ0) is 17.5. The van der Waals surface area contributed by atoms with Crippen molar-refractivity contribution in [3.05, 3.63) is 36.0 Å². The molecule has 26 heavy (non-hydrogen) atoms. The van der Waals surface area contributed by atoms with Crippen molar-refractivity contribution in [1.29, 1.82) is 0 Å². The third kappa shape index (κ3) is 5.87. The number of aromatic nitrogens is 1. The van der Waals surface area contributed by atoms with Gasteiger partial charge in [-0.15, -0.1) is 24.0 Å². The number of benzene rings is 1. The van der Waals surface area contributed by atoms with E-state index in [0.717, 1.165) is 31.5 Å². The van der Waals surface area contributed by atoms with Crippen molar-refractivity contribution in [2.24, 2.45) is 4.99 Å².